The molecule has 2 heteroatoms. The van der Waals surface area contributed by atoms with Crippen molar-refractivity contribution in [1.29, 1.82) is 0 Å². The van der Waals surface area contributed by atoms with Crippen LogP contribution in [0.2, 0.25) is 0 Å². The molecule has 1 radical (unpaired) electrons. The smallest absolute Gasteiger partial charge is 0.220 e. The Morgan fingerprint density at radius 3 is 2.00 bits per heavy atom. The van der Waals surface area contributed by atoms with Crippen molar-refractivity contribution in [1.82, 2.24) is 5.32 Å². The molecule has 0 spiro atoms. The van der Waals surface area contributed by atoms with E-state index in [0.717, 1.165) is 30.7 Å². The molecule has 0 unspecified atom stereocenters. The maximum absolute atomic E-state index is 11.4. The molecule has 0 atom stereocenters. The van der Waals surface area contributed by atoms with Gasteiger partial charge in [0.05, 0.1) is 0 Å². The van der Waals surface area contributed by atoms with Gasteiger partial charge in [0.15, 0.2) is 0 Å². The normalized spacial score (nSPS) is 51.0. The van der Waals surface area contributed by atoms with Gasteiger partial charge in [0.1, 0.15) is 0 Å². The summed E-state index contributed by atoms with van der Waals surface area (Å²) in [7, 11) is 0. The zero-order valence-electron chi connectivity index (χ0n) is 9.80. The van der Waals surface area contributed by atoms with Crippen LogP contribution in [-0.2, 0) is 4.79 Å². The van der Waals surface area contributed by atoms with Crippen LogP contribution in [0, 0.1) is 29.1 Å². The van der Waals surface area contributed by atoms with E-state index in [9.17, 15) is 4.79 Å². The van der Waals surface area contributed by atoms with Gasteiger partial charge < -0.3 is 5.32 Å². The number of hydrogen-bond acceptors (Lipinski definition) is 1. The highest BCUT2D eigenvalue weighted by atomic mass is 16.1. The average molecular weight is 218 g/mol. The molecule has 1 heterocycles. The molecule has 16 heavy (non-hydrogen) atoms. The van der Waals surface area contributed by atoms with E-state index in [1.54, 1.807) is 5.92 Å². The van der Waals surface area contributed by atoms with E-state index in [1.165, 1.54) is 38.5 Å². The second kappa shape index (κ2) is 3.02. The average Bonchev–Trinajstić information content (AvgIpc) is 2.63. The van der Waals surface area contributed by atoms with Crippen LogP contribution in [0.5, 0.6) is 0 Å². The molecule has 4 aliphatic carbocycles. The first-order chi connectivity index (χ1) is 7.73. The topological polar surface area (TPSA) is 29.1 Å². The Hall–Kier alpha value is -0.530. The van der Waals surface area contributed by atoms with Gasteiger partial charge in [-0.2, -0.15) is 0 Å². The van der Waals surface area contributed by atoms with E-state index in [-0.39, 0.29) is 5.91 Å². The quantitative estimate of drug-likeness (QED) is 0.719. The number of carbonyl (C=O) groups is 1. The lowest BCUT2D eigenvalue weighted by Crippen LogP contribution is -2.49. The molecule has 0 aromatic carbocycles. The van der Waals surface area contributed by atoms with Crippen molar-refractivity contribution < 1.29 is 4.79 Å². The van der Waals surface area contributed by atoms with Gasteiger partial charge in [0.2, 0.25) is 5.91 Å². The highest BCUT2D eigenvalue weighted by Gasteiger charge is 2.55. The Kier molecular flexibility index (Phi) is 1.79. The lowest BCUT2D eigenvalue weighted by Gasteiger charge is -2.58. The molecular weight excluding hydrogens is 198 g/mol. The summed E-state index contributed by atoms with van der Waals surface area (Å²) >= 11 is 0. The highest BCUT2D eigenvalue weighted by molar-refractivity contribution is 5.81. The van der Waals surface area contributed by atoms with Crippen LogP contribution in [0.1, 0.15) is 44.9 Å². The summed E-state index contributed by atoms with van der Waals surface area (Å²) in [4.78, 5) is 11.4. The second-order valence-corrected chi connectivity index (χ2v) is 6.75. The fraction of sp³-hybridized carbons (Fsp3) is 0.857. The van der Waals surface area contributed by atoms with Gasteiger partial charge in [-0.3, -0.25) is 4.79 Å². The molecule has 0 aromatic rings. The number of nitrogens with one attached hydrogen (secondary N) is 1. The van der Waals surface area contributed by atoms with Crippen molar-refractivity contribution in [3.63, 3.8) is 0 Å². The maximum atomic E-state index is 11.4. The van der Waals surface area contributed by atoms with Gasteiger partial charge in [-0.15, -0.1) is 0 Å². The Balaban J connectivity index is 1.64. The summed E-state index contributed by atoms with van der Waals surface area (Å²) in [5.74, 6) is 4.82. The lowest BCUT2D eigenvalue weighted by molar-refractivity contribution is -0.119. The molecule has 5 aliphatic rings. The summed E-state index contributed by atoms with van der Waals surface area (Å²) in [5, 5.41) is 3.02. The van der Waals surface area contributed by atoms with Gasteiger partial charge in [0.25, 0.3) is 0 Å². The van der Waals surface area contributed by atoms with E-state index in [1.807, 2.05) is 0 Å². The zero-order chi connectivity index (χ0) is 10.8. The van der Waals surface area contributed by atoms with Crippen molar-refractivity contribution in [2.45, 2.75) is 44.9 Å². The molecule has 1 aliphatic heterocycles. The number of carbonyl (C=O) groups excluding carboxylic acids is 1. The van der Waals surface area contributed by atoms with E-state index >= 15 is 0 Å². The first kappa shape index (κ1) is 9.49. The largest absolute Gasteiger partial charge is 0.355 e. The van der Waals surface area contributed by atoms with Crippen molar-refractivity contribution in [2.24, 2.45) is 23.2 Å². The van der Waals surface area contributed by atoms with Gasteiger partial charge in [-0.05, 0) is 61.7 Å². The zero-order valence-corrected chi connectivity index (χ0v) is 9.80. The fourth-order valence-electron chi connectivity index (χ4n) is 5.44. The number of amides is 1. The minimum Gasteiger partial charge on any atom is -0.355 e. The molecule has 5 fully saturated rings. The minimum absolute atomic E-state index is 0.269. The summed E-state index contributed by atoms with van der Waals surface area (Å²) < 4.78 is 0. The Morgan fingerprint density at radius 2 is 1.56 bits per heavy atom. The minimum atomic E-state index is 0.269. The first-order valence-corrected chi connectivity index (χ1v) is 6.85. The monoisotopic (exact) mass is 218 g/mol. The van der Waals surface area contributed by atoms with Crippen LogP contribution in [0.25, 0.3) is 0 Å². The van der Waals surface area contributed by atoms with Crippen molar-refractivity contribution >= 4 is 5.91 Å². The first-order valence-electron chi connectivity index (χ1n) is 6.85. The van der Waals surface area contributed by atoms with Crippen LogP contribution >= 0.6 is 0 Å². The SMILES string of the molecule is O=C1C[C](C23CC4CC(CC(C4)C2)C3)CN1. The summed E-state index contributed by atoms with van der Waals surface area (Å²) in [6, 6.07) is 0. The van der Waals surface area contributed by atoms with E-state index in [0.29, 0.717) is 5.41 Å². The lowest BCUT2D eigenvalue weighted by atomic mass is 9.46. The van der Waals surface area contributed by atoms with Gasteiger partial charge in [0, 0.05) is 18.9 Å². The molecule has 5 rings (SSSR count). The standard InChI is InChI=1S/C14H20NO/c16-13-4-12(8-15-13)14-5-9-1-10(6-14)3-11(2-9)7-14/h9-11H,1-8H2,(H,15,16). The molecule has 0 aromatic heterocycles. The maximum Gasteiger partial charge on any atom is 0.220 e. The number of rotatable bonds is 1. The number of hydrogen-bond donors (Lipinski definition) is 1. The third-order valence-corrected chi connectivity index (χ3v) is 5.66. The molecule has 87 valence electrons. The Morgan fingerprint density at radius 1 is 1.00 bits per heavy atom. The van der Waals surface area contributed by atoms with Crippen molar-refractivity contribution in [2.75, 3.05) is 6.54 Å². The Bertz CT molecular complexity index is 300. The van der Waals surface area contributed by atoms with Crippen molar-refractivity contribution in [3.05, 3.63) is 5.92 Å². The van der Waals surface area contributed by atoms with E-state index in [4.69, 9.17) is 0 Å². The predicted molar refractivity (Wildman–Crippen MR) is 61.5 cm³/mol. The molecule has 4 bridgehead atoms. The van der Waals surface area contributed by atoms with Gasteiger partial charge >= 0.3 is 0 Å². The van der Waals surface area contributed by atoms with Crippen molar-refractivity contribution in [3.8, 4) is 0 Å². The van der Waals surface area contributed by atoms with Crippen LogP contribution in [0.4, 0.5) is 0 Å². The summed E-state index contributed by atoms with van der Waals surface area (Å²) in [6.45, 7) is 0.894. The highest BCUT2D eigenvalue weighted by Crippen LogP contribution is 2.64. The van der Waals surface area contributed by atoms with Gasteiger partial charge in [-0.1, -0.05) is 0 Å². The summed E-state index contributed by atoms with van der Waals surface area (Å²) in [5.41, 5.74) is 0.494. The molecule has 4 saturated carbocycles. The van der Waals surface area contributed by atoms with E-state index in [2.05, 4.69) is 5.32 Å². The molecule has 1 saturated heterocycles. The Labute approximate surface area is 97.2 Å². The molecular formula is C14H20NO. The van der Waals surface area contributed by atoms with Crippen LogP contribution in [0.3, 0.4) is 0 Å². The second-order valence-electron chi connectivity index (χ2n) is 6.75. The molecule has 1 amide bonds. The van der Waals surface area contributed by atoms with Gasteiger partial charge in [-0.25, -0.2) is 0 Å². The third kappa shape index (κ3) is 1.22. The van der Waals surface area contributed by atoms with Crippen LogP contribution in [0.15, 0.2) is 0 Å². The molecule has 1 N–H and O–H groups in total. The van der Waals surface area contributed by atoms with E-state index < -0.39 is 0 Å². The third-order valence-electron chi connectivity index (χ3n) is 5.66. The summed E-state index contributed by atoms with van der Waals surface area (Å²) in [6.07, 6.45) is 9.44. The van der Waals surface area contributed by atoms with Crippen LogP contribution < -0.4 is 5.32 Å². The van der Waals surface area contributed by atoms with Crippen LogP contribution in [-0.4, -0.2) is 12.5 Å². The fourth-order valence-corrected chi connectivity index (χ4v) is 5.44. The molecule has 2 nitrogen and oxygen atoms in total. The predicted octanol–water partition coefficient (Wildman–Crippen LogP) is 2.30.